The van der Waals surface area contributed by atoms with E-state index in [4.69, 9.17) is 0 Å². The minimum absolute atomic E-state index is 0.893. The third-order valence-corrected chi connectivity index (χ3v) is 8.29. The number of hydrogen-bond donors (Lipinski definition) is 0. The average Bonchev–Trinajstić information content (AvgIpc) is 3.30. The first-order valence-electron chi connectivity index (χ1n) is 15.0. The summed E-state index contributed by atoms with van der Waals surface area (Å²) in [6.45, 7) is 13.2. The molecular formula is C34H52N4Ni. The van der Waals surface area contributed by atoms with Gasteiger partial charge in [0, 0.05) is 22.8 Å². The van der Waals surface area contributed by atoms with Gasteiger partial charge in [-0.15, -0.1) is 0 Å². The van der Waals surface area contributed by atoms with Gasteiger partial charge in [0.1, 0.15) is 0 Å². The van der Waals surface area contributed by atoms with Crippen LogP contribution in [0.1, 0.15) is 102 Å². The number of nitrogens with zero attached hydrogens (tertiary/aromatic N) is 4. The number of benzene rings is 2. The van der Waals surface area contributed by atoms with Crippen molar-refractivity contribution in [2.45, 2.75) is 92.4 Å². The van der Waals surface area contributed by atoms with Crippen molar-refractivity contribution in [3.8, 4) is 0 Å². The molecule has 0 amide bonds. The first-order chi connectivity index (χ1) is 18.9. The van der Waals surface area contributed by atoms with E-state index in [1.807, 2.05) is 0 Å². The number of unbranched alkanes of at least 4 members (excludes halogenated alkanes) is 3. The molecule has 0 fully saturated rings. The van der Waals surface area contributed by atoms with Crippen molar-refractivity contribution in [2.24, 2.45) is 0 Å². The Morgan fingerprint density at radius 3 is 1.82 bits per heavy atom. The number of hydrogen-bond acceptors (Lipinski definition) is 2. The molecule has 0 atom stereocenters. The van der Waals surface area contributed by atoms with Gasteiger partial charge in [0.15, 0.2) is 0 Å². The summed E-state index contributed by atoms with van der Waals surface area (Å²) in [5, 5.41) is 0. The molecule has 1 aliphatic rings. The van der Waals surface area contributed by atoms with Crippen molar-refractivity contribution in [3.05, 3.63) is 88.0 Å². The van der Waals surface area contributed by atoms with Crippen LogP contribution < -0.4 is 0 Å². The fraction of sp³-hybridized carbons (Fsp3) is 0.529. The van der Waals surface area contributed by atoms with Crippen molar-refractivity contribution in [1.82, 2.24) is 7.96 Å². The van der Waals surface area contributed by atoms with Crippen LogP contribution in [0.4, 0.5) is 0 Å². The van der Waals surface area contributed by atoms with E-state index in [0.29, 0.717) is 0 Å². The molecule has 0 saturated heterocycles. The molecule has 4 nitrogen and oxygen atoms in total. The zero-order chi connectivity index (χ0) is 28.6. The van der Waals surface area contributed by atoms with Crippen LogP contribution in [0.15, 0.2) is 60.2 Å². The second-order valence-corrected chi connectivity index (χ2v) is 11.9. The molecule has 39 heavy (non-hydrogen) atoms. The molecule has 0 radical (unpaired) electrons. The van der Waals surface area contributed by atoms with Crippen LogP contribution in [0.25, 0.3) is 16.9 Å². The quantitative estimate of drug-likeness (QED) is 0.157. The average molecular weight is 576 g/mol. The van der Waals surface area contributed by atoms with Crippen molar-refractivity contribution < 1.29 is 19.6 Å². The zero-order valence-corrected chi connectivity index (χ0v) is 26.6. The molecule has 0 bridgehead atoms. The van der Waals surface area contributed by atoms with Crippen LogP contribution in [-0.2, 0) is 27.7 Å². The molecule has 5 heteroatoms. The van der Waals surface area contributed by atoms with Crippen molar-refractivity contribution in [3.63, 3.8) is 0 Å². The summed E-state index contributed by atoms with van der Waals surface area (Å²) in [5.74, 6) is 0. The van der Waals surface area contributed by atoms with Gasteiger partial charge in [-0.25, -0.2) is 4.70 Å². The van der Waals surface area contributed by atoms with Crippen LogP contribution in [0, 0.1) is 0 Å². The van der Waals surface area contributed by atoms with Crippen LogP contribution in [0.5, 0.6) is 0 Å². The summed E-state index contributed by atoms with van der Waals surface area (Å²) in [6, 6.07) is 17.4. The third-order valence-electron chi connectivity index (χ3n) is 6.99. The van der Waals surface area contributed by atoms with E-state index in [1.54, 1.807) is 14.9 Å². The van der Waals surface area contributed by atoms with Gasteiger partial charge in [-0.3, -0.25) is 0 Å². The predicted octanol–water partition coefficient (Wildman–Crippen LogP) is 9.16. The molecule has 2 aromatic rings. The van der Waals surface area contributed by atoms with Crippen molar-refractivity contribution in [2.75, 3.05) is 27.2 Å². The maximum atomic E-state index is 11.2. The molecule has 0 unspecified atom stereocenters. The summed E-state index contributed by atoms with van der Waals surface area (Å²) in [5.41, 5.74) is 19.2. The normalized spacial score (nSPS) is 13.4. The van der Waals surface area contributed by atoms with Gasteiger partial charge in [0.25, 0.3) is 0 Å². The third kappa shape index (κ3) is 10.8. The Balaban J connectivity index is 0.000000510. The Kier molecular flexibility index (Phi) is 15.6. The Hall–Kier alpha value is -2.07. The molecule has 0 aromatic heterocycles. The van der Waals surface area contributed by atoms with Gasteiger partial charge in [-0.1, -0.05) is 64.3 Å². The number of allylic oxidation sites excluding steroid dienone is 2. The van der Waals surface area contributed by atoms with E-state index in [0.717, 1.165) is 67.7 Å². The molecular weight excluding hydrogens is 523 g/mol. The van der Waals surface area contributed by atoms with Crippen LogP contribution >= 0.6 is 0 Å². The molecule has 0 aliphatic carbocycles. The predicted molar refractivity (Wildman–Crippen MR) is 165 cm³/mol. The van der Waals surface area contributed by atoms with Gasteiger partial charge >= 0.3 is 63.9 Å². The topological polar surface area (TPSA) is 31.8 Å². The summed E-state index contributed by atoms with van der Waals surface area (Å²) in [6.07, 6.45) is 12.5. The van der Waals surface area contributed by atoms with E-state index in [1.165, 1.54) is 47.1 Å². The molecule has 1 aliphatic heterocycles. The van der Waals surface area contributed by atoms with Crippen LogP contribution in [-0.4, -0.2) is 39.8 Å². The Labute approximate surface area is 245 Å². The molecule has 3 rings (SSSR count). The van der Waals surface area contributed by atoms with Gasteiger partial charge < -0.3 is 5.53 Å². The molecule has 0 N–H and O–H groups in total. The van der Waals surface area contributed by atoms with Crippen LogP contribution in [0.2, 0.25) is 0 Å². The minimum atomic E-state index is 0.893. The van der Waals surface area contributed by atoms with Crippen molar-refractivity contribution >= 4 is 11.4 Å². The molecule has 0 saturated carbocycles. The zero-order valence-electron chi connectivity index (χ0n) is 25.6. The Bertz CT molecular complexity index is 1060. The van der Waals surface area contributed by atoms with E-state index < -0.39 is 0 Å². The summed E-state index contributed by atoms with van der Waals surface area (Å²) in [4.78, 5) is 0. The van der Waals surface area contributed by atoms with Crippen molar-refractivity contribution in [1.29, 1.82) is 0 Å². The molecule has 2 aromatic carbocycles. The molecule has 0 spiro atoms. The molecule has 1 heterocycles. The fourth-order valence-corrected chi connectivity index (χ4v) is 5.23. The Morgan fingerprint density at radius 2 is 1.26 bits per heavy atom. The molecule has 218 valence electrons. The Morgan fingerprint density at radius 1 is 0.692 bits per heavy atom. The first-order valence-corrected chi connectivity index (χ1v) is 15.9. The maximum absolute atomic E-state index is 11.2. The summed E-state index contributed by atoms with van der Waals surface area (Å²) >= 11 is 1.59. The van der Waals surface area contributed by atoms with E-state index >= 15 is 0 Å². The summed E-state index contributed by atoms with van der Waals surface area (Å²) < 4.78 is 5.86. The second-order valence-electron chi connectivity index (χ2n) is 10.2. The van der Waals surface area contributed by atoms with Gasteiger partial charge in [-0.2, -0.15) is 0 Å². The SMILES string of the molecule is CCCCC1=C(c2ccc(CCCC)cc2)[N+](=[N-])C(c2cccc(CCCC)c2)=C1.CC[N](C)[Ni][N](C)CC. The second kappa shape index (κ2) is 18.3. The standard InChI is InChI=1S/C28H36N2.2C3H8N.Ni/c1-4-7-11-22-16-18-24(19-17-22)28-26(14-9-6-3)21-27(30(28)29)25-15-10-13-23(20-25)12-8-5-2;2*1-3-4-2;/h10,13,15-21H,4-9,11-12,14H2,1-3H3;2*3H2,1-2H3;/q;2*-1;+2. The number of rotatable bonds is 15. The van der Waals surface area contributed by atoms with Crippen LogP contribution in [0.3, 0.4) is 0 Å². The number of aryl methyl sites for hydroxylation is 2. The van der Waals surface area contributed by atoms with E-state index in [9.17, 15) is 5.53 Å². The van der Waals surface area contributed by atoms with Gasteiger partial charge in [-0.05, 0) is 73.9 Å². The van der Waals surface area contributed by atoms with E-state index in [-0.39, 0.29) is 0 Å². The first kappa shape index (κ1) is 33.1. The monoisotopic (exact) mass is 574 g/mol. The fourth-order valence-electron chi connectivity index (χ4n) is 4.37. The van der Waals surface area contributed by atoms with Gasteiger partial charge in [0.05, 0.1) is 0 Å². The summed E-state index contributed by atoms with van der Waals surface area (Å²) in [7, 11) is 4.21. The van der Waals surface area contributed by atoms with E-state index in [2.05, 4.69) is 111 Å². The van der Waals surface area contributed by atoms with Gasteiger partial charge in [0.2, 0.25) is 11.4 Å².